The summed E-state index contributed by atoms with van der Waals surface area (Å²) in [7, 11) is 0. The van der Waals surface area contributed by atoms with Crippen molar-refractivity contribution in [2.45, 2.75) is 152 Å². The third kappa shape index (κ3) is 15.3. The van der Waals surface area contributed by atoms with Crippen molar-refractivity contribution in [1.29, 1.82) is 0 Å². The van der Waals surface area contributed by atoms with E-state index in [1.165, 1.54) is 0 Å². The Morgan fingerprint density at radius 1 is 0.979 bits per heavy atom. The van der Waals surface area contributed by atoms with Crippen LogP contribution in [0.5, 0.6) is 0 Å². The first kappa shape index (κ1) is 39.3. The zero-order valence-electron chi connectivity index (χ0n) is 28.2. The van der Waals surface area contributed by atoms with E-state index in [-0.39, 0.29) is 42.3 Å². The van der Waals surface area contributed by atoms with Crippen LogP contribution in [0.1, 0.15) is 110 Å². The van der Waals surface area contributed by atoms with E-state index in [0.29, 0.717) is 44.0 Å². The van der Waals surface area contributed by atoms with Crippen LogP contribution < -0.4 is 21.3 Å². The number of unbranched alkanes of at least 4 members (excludes halogenated alkanes) is 6. The second-order valence-corrected chi connectivity index (χ2v) is 14.5. The quantitative estimate of drug-likeness (QED) is 0.0486. The van der Waals surface area contributed by atoms with E-state index >= 15 is 0 Å². The van der Waals surface area contributed by atoms with E-state index in [1.54, 1.807) is 12.2 Å². The van der Waals surface area contributed by atoms with Crippen molar-refractivity contribution in [2.75, 3.05) is 18.8 Å². The molecule has 3 rings (SSSR count). The van der Waals surface area contributed by atoms with Crippen molar-refractivity contribution in [3.05, 3.63) is 24.3 Å². The van der Waals surface area contributed by atoms with Gasteiger partial charge in [-0.3, -0.25) is 9.59 Å². The molecule has 8 unspecified atom stereocenters. The highest BCUT2D eigenvalue weighted by Crippen LogP contribution is 2.33. The first-order valence-electron chi connectivity index (χ1n) is 18.0. The molecule has 12 heteroatoms. The van der Waals surface area contributed by atoms with Crippen LogP contribution in [0.25, 0.3) is 0 Å². The highest BCUT2D eigenvalue weighted by molar-refractivity contribution is 8.00. The van der Waals surface area contributed by atoms with E-state index in [2.05, 4.69) is 28.2 Å². The molecule has 0 aliphatic carbocycles. The van der Waals surface area contributed by atoms with Gasteiger partial charge in [0.1, 0.15) is 0 Å². The molecule has 0 spiro atoms. The molecule has 0 bridgehead atoms. The van der Waals surface area contributed by atoms with Gasteiger partial charge in [-0.05, 0) is 57.8 Å². The van der Waals surface area contributed by atoms with Crippen molar-refractivity contribution in [1.82, 2.24) is 21.3 Å². The minimum absolute atomic E-state index is 0.0394. The number of aliphatic hydroxyl groups excluding tert-OH is 3. The van der Waals surface area contributed by atoms with Gasteiger partial charge in [0.25, 0.3) is 0 Å². The highest BCUT2D eigenvalue weighted by atomic mass is 32.2. The minimum atomic E-state index is -1.02. The molecule has 268 valence electrons. The molecule has 3 saturated heterocycles. The number of carbonyl (C=O) groups excluding carboxylic acids is 3. The Morgan fingerprint density at radius 2 is 1.72 bits per heavy atom. The molecule has 0 radical (unpaired) electrons. The van der Waals surface area contributed by atoms with E-state index in [4.69, 9.17) is 4.74 Å². The third-order valence-electron chi connectivity index (χ3n) is 9.23. The zero-order valence-corrected chi connectivity index (χ0v) is 29.1. The minimum Gasteiger partial charge on any atom is -0.393 e. The molecular formula is C35H60N4O7S. The number of urea groups is 1. The first-order chi connectivity index (χ1) is 22.8. The third-order valence-corrected chi connectivity index (χ3v) is 10.7. The van der Waals surface area contributed by atoms with Crippen LogP contribution in [0.4, 0.5) is 4.79 Å². The topological polar surface area (TPSA) is 169 Å². The molecule has 4 amide bonds. The Bertz CT molecular complexity index is 999. The summed E-state index contributed by atoms with van der Waals surface area (Å²) in [5.74, 6) is 0.881. The molecule has 47 heavy (non-hydrogen) atoms. The molecule has 11 nitrogen and oxygen atoms in total. The molecule has 3 aliphatic heterocycles. The first-order valence-corrected chi connectivity index (χ1v) is 19.1. The Hall–Kier alpha value is -2.12. The smallest absolute Gasteiger partial charge is 0.315 e. The number of hydrogen-bond acceptors (Lipinski definition) is 8. The normalized spacial score (nSPS) is 27.9. The lowest BCUT2D eigenvalue weighted by molar-refractivity contribution is -0.199. The van der Waals surface area contributed by atoms with Crippen LogP contribution in [0.2, 0.25) is 0 Å². The average Bonchev–Trinajstić information content (AvgIpc) is 3.59. The zero-order chi connectivity index (χ0) is 33.9. The standard InChI is InChI=1S/C35H60N4O7S/c1-2-3-7-14-25(40)19-20-29-26(28(41)23-33(44)46-29)15-8-4-5-9-17-31(42)36-21-12-6-13-22-37-32(43)18-11-10-16-30-34-27(24-47-30)38-35(45)39-34/h4,8,19-20,25-30,33-34,40-41,44H,2-3,5-7,9-18,21-24H2,1H3,(H,36,42)(H,37,43)(H2,38,39,45). The van der Waals surface area contributed by atoms with Crippen LogP contribution in [-0.4, -0.2) is 93.9 Å². The number of fused-ring (bicyclic) bond motifs is 1. The molecule has 0 aromatic rings. The van der Waals surface area contributed by atoms with Gasteiger partial charge in [-0.25, -0.2) is 4.79 Å². The summed E-state index contributed by atoms with van der Waals surface area (Å²) in [4.78, 5) is 35.8. The lowest BCUT2D eigenvalue weighted by Gasteiger charge is -2.36. The maximum atomic E-state index is 12.2. The van der Waals surface area contributed by atoms with Gasteiger partial charge in [0, 0.05) is 49.3 Å². The lowest BCUT2D eigenvalue weighted by Crippen LogP contribution is -2.43. The van der Waals surface area contributed by atoms with E-state index in [9.17, 15) is 29.7 Å². The lowest BCUT2D eigenvalue weighted by atomic mass is 9.87. The fourth-order valence-corrected chi connectivity index (χ4v) is 7.98. The summed E-state index contributed by atoms with van der Waals surface area (Å²) in [6.45, 7) is 3.41. The molecule has 3 heterocycles. The number of nitrogens with one attached hydrogen (secondary N) is 4. The van der Waals surface area contributed by atoms with Crippen molar-refractivity contribution in [3.8, 4) is 0 Å². The SMILES string of the molecule is CCCCCC(O)C=CC1OC(O)CC(O)C1CC=CCCCC(=O)NCCCCCNC(=O)CCCCC1SCC2NC(=O)NC21. The molecule has 8 atom stereocenters. The number of carbonyl (C=O) groups is 3. The number of amides is 4. The van der Waals surface area contributed by atoms with Gasteiger partial charge in [-0.2, -0.15) is 11.8 Å². The van der Waals surface area contributed by atoms with Crippen molar-refractivity contribution in [3.63, 3.8) is 0 Å². The second kappa shape index (κ2) is 22.5. The number of hydrogen-bond donors (Lipinski definition) is 7. The van der Waals surface area contributed by atoms with E-state index in [1.807, 2.05) is 23.9 Å². The maximum Gasteiger partial charge on any atom is 0.315 e. The number of allylic oxidation sites excluding steroid dienone is 2. The molecule has 0 aromatic heterocycles. The summed E-state index contributed by atoms with van der Waals surface area (Å²) in [5, 5.41) is 43.1. The Labute approximate surface area is 285 Å². The van der Waals surface area contributed by atoms with Crippen molar-refractivity contribution < 1.29 is 34.4 Å². The number of rotatable bonds is 23. The predicted octanol–water partition coefficient (Wildman–Crippen LogP) is 3.81. The van der Waals surface area contributed by atoms with Crippen LogP contribution in [-0.2, 0) is 14.3 Å². The maximum absolute atomic E-state index is 12.2. The van der Waals surface area contributed by atoms with E-state index < -0.39 is 24.6 Å². The molecule has 3 fully saturated rings. The molecular weight excluding hydrogens is 620 g/mol. The van der Waals surface area contributed by atoms with Gasteiger partial charge in [0.05, 0.1) is 30.4 Å². The number of ether oxygens (including phenoxy) is 1. The number of aliphatic hydroxyl groups is 3. The molecule has 0 saturated carbocycles. The van der Waals surface area contributed by atoms with Gasteiger partial charge in [-0.15, -0.1) is 0 Å². The Morgan fingerprint density at radius 3 is 2.47 bits per heavy atom. The van der Waals surface area contributed by atoms with Gasteiger partial charge < -0.3 is 41.3 Å². The molecule has 0 aromatic carbocycles. The van der Waals surface area contributed by atoms with E-state index in [0.717, 1.165) is 76.4 Å². The largest absolute Gasteiger partial charge is 0.393 e. The molecule has 7 N–H and O–H groups in total. The predicted molar refractivity (Wildman–Crippen MR) is 186 cm³/mol. The van der Waals surface area contributed by atoms with Gasteiger partial charge >= 0.3 is 6.03 Å². The van der Waals surface area contributed by atoms with Crippen LogP contribution >= 0.6 is 11.8 Å². The highest BCUT2D eigenvalue weighted by Gasteiger charge is 2.42. The van der Waals surface area contributed by atoms with Gasteiger partial charge in [0.15, 0.2) is 6.29 Å². The fourth-order valence-electron chi connectivity index (χ4n) is 6.44. The van der Waals surface area contributed by atoms with Crippen molar-refractivity contribution >= 4 is 29.6 Å². The summed E-state index contributed by atoms with van der Waals surface area (Å²) >= 11 is 1.90. The summed E-state index contributed by atoms with van der Waals surface area (Å²) in [5.41, 5.74) is 0. The Kier molecular flexibility index (Phi) is 18.8. The van der Waals surface area contributed by atoms with Crippen LogP contribution in [0, 0.1) is 5.92 Å². The number of thioether (sulfide) groups is 1. The summed E-state index contributed by atoms with van der Waals surface area (Å²) in [6.07, 6.45) is 17.4. The average molecular weight is 681 g/mol. The van der Waals surface area contributed by atoms with Gasteiger partial charge in [-0.1, -0.05) is 56.9 Å². The summed E-state index contributed by atoms with van der Waals surface area (Å²) in [6, 6.07) is 0.405. The molecule has 3 aliphatic rings. The fraction of sp³-hybridized carbons (Fsp3) is 0.800. The summed E-state index contributed by atoms with van der Waals surface area (Å²) < 4.78 is 5.66. The van der Waals surface area contributed by atoms with Crippen molar-refractivity contribution in [2.24, 2.45) is 5.92 Å². The van der Waals surface area contributed by atoms with Gasteiger partial charge in [0.2, 0.25) is 11.8 Å². The monoisotopic (exact) mass is 680 g/mol. The van der Waals surface area contributed by atoms with Crippen LogP contribution in [0.3, 0.4) is 0 Å². The van der Waals surface area contributed by atoms with Crippen LogP contribution in [0.15, 0.2) is 24.3 Å². The second-order valence-electron chi connectivity index (χ2n) is 13.2. The Balaban J connectivity index is 1.15.